The Morgan fingerprint density at radius 2 is 2.07 bits per heavy atom. The summed E-state index contributed by atoms with van der Waals surface area (Å²) in [5, 5.41) is 3.38. The van der Waals surface area contributed by atoms with Crippen molar-refractivity contribution in [3.63, 3.8) is 0 Å². The van der Waals surface area contributed by atoms with Crippen molar-refractivity contribution in [2.45, 2.75) is 25.7 Å². The molecule has 0 atom stereocenters. The molecule has 0 aliphatic carbocycles. The molecule has 0 saturated heterocycles. The molecular weight excluding hydrogens is 384 g/mol. The van der Waals surface area contributed by atoms with E-state index in [0.29, 0.717) is 17.1 Å². The van der Waals surface area contributed by atoms with E-state index in [1.54, 1.807) is 6.33 Å². The molecule has 1 aromatic carbocycles. The van der Waals surface area contributed by atoms with Gasteiger partial charge in [0.1, 0.15) is 16.7 Å². The molecule has 0 radical (unpaired) electrons. The largest absolute Gasteiger partial charge is 0.350 e. The third-order valence-electron chi connectivity index (χ3n) is 5.17. The minimum Gasteiger partial charge on any atom is -0.350 e. The molecule has 0 saturated carbocycles. The zero-order chi connectivity index (χ0) is 20.6. The summed E-state index contributed by atoms with van der Waals surface area (Å²) in [4.78, 5) is 31.1. The predicted octanol–water partition coefficient (Wildman–Crippen LogP) is 3.20. The Morgan fingerprint density at radius 3 is 2.86 bits per heavy atom. The Hall–Kier alpha value is -2.58. The van der Waals surface area contributed by atoms with Crippen molar-refractivity contribution in [1.29, 1.82) is 0 Å². The number of anilines is 2. The Balaban J connectivity index is 1.62. The minimum absolute atomic E-state index is 0.0104. The van der Waals surface area contributed by atoms with E-state index in [4.69, 9.17) is 0 Å². The van der Waals surface area contributed by atoms with Gasteiger partial charge in [0.2, 0.25) is 0 Å². The van der Waals surface area contributed by atoms with Crippen LogP contribution in [0.2, 0.25) is 0 Å². The summed E-state index contributed by atoms with van der Waals surface area (Å²) in [5.41, 5.74) is 3.13. The van der Waals surface area contributed by atoms with Gasteiger partial charge in [0.05, 0.1) is 0 Å². The number of rotatable bonds is 6. The van der Waals surface area contributed by atoms with Gasteiger partial charge in [-0.25, -0.2) is 15.0 Å². The third kappa shape index (κ3) is 3.82. The standard InChI is InChI=1S/C21H26N6OS/c1-21(2)12-27(15-9-6-5-8-14(15)21)17-16-19(24-13-23-17)29-20(25-16)18(28)22-10-7-11-26(3)4/h5-6,8-9,13H,7,10-12H2,1-4H3,(H,22,28). The molecule has 0 fully saturated rings. The van der Waals surface area contributed by atoms with E-state index < -0.39 is 0 Å². The topological polar surface area (TPSA) is 74.2 Å². The Labute approximate surface area is 174 Å². The quantitative estimate of drug-likeness (QED) is 0.629. The number of amides is 1. The number of hydrogen-bond acceptors (Lipinski definition) is 7. The molecular formula is C21H26N6OS. The fourth-order valence-electron chi connectivity index (χ4n) is 3.75. The third-order valence-corrected chi connectivity index (χ3v) is 6.13. The van der Waals surface area contributed by atoms with E-state index in [1.165, 1.54) is 16.9 Å². The molecule has 152 valence electrons. The molecule has 3 heterocycles. The summed E-state index contributed by atoms with van der Waals surface area (Å²) in [5.74, 6) is 0.607. The van der Waals surface area contributed by atoms with Crippen molar-refractivity contribution in [2.75, 3.05) is 38.6 Å². The van der Waals surface area contributed by atoms with Gasteiger partial charge in [-0.2, -0.15) is 0 Å². The Kier molecular flexibility index (Phi) is 5.23. The van der Waals surface area contributed by atoms with Crippen molar-refractivity contribution in [2.24, 2.45) is 0 Å². The van der Waals surface area contributed by atoms with Crippen molar-refractivity contribution in [3.8, 4) is 0 Å². The number of carbonyl (C=O) groups excluding carboxylic acids is 1. The molecule has 3 aromatic rings. The van der Waals surface area contributed by atoms with Crippen molar-refractivity contribution >= 4 is 39.1 Å². The number of carbonyl (C=O) groups is 1. The molecule has 1 N–H and O–H groups in total. The minimum atomic E-state index is -0.153. The highest BCUT2D eigenvalue weighted by molar-refractivity contribution is 7.19. The van der Waals surface area contributed by atoms with Crippen LogP contribution in [0.15, 0.2) is 30.6 Å². The van der Waals surface area contributed by atoms with Gasteiger partial charge in [-0.3, -0.25) is 4.79 Å². The average Bonchev–Trinajstić information content (AvgIpc) is 3.24. The van der Waals surface area contributed by atoms with Gasteiger partial charge in [-0.05, 0) is 38.7 Å². The first-order chi connectivity index (χ1) is 13.9. The molecule has 29 heavy (non-hydrogen) atoms. The van der Waals surface area contributed by atoms with E-state index in [0.717, 1.165) is 35.8 Å². The Bertz CT molecular complexity index is 1040. The molecule has 2 aromatic heterocycles. The average molecular weight is 411 g/mol. The lowest BCUT2D eigenvalue weighted by atomic mass is 9.87. The number of benzene rings is 1. The van der Waals surface area contributed by atoms with Gasteiger partial charge >= 0.3 is 0 Å². The summed E-state index contributed by atoms with van der Waals surface area (Å²) in [6, 6.07) is 8.39. The molecule has 0 spiro atoms. The molecule has 0 unspecified atom stereocenters. The van der Waals surface area contributed by atoms with Crippen molar-refractivity contribution < 1.29 is 4.79 Å². The monoisotopic (exact) mass is 410 g/mol. The first kappa shape index (κ1) is 19.7. The molecule has 7 nitrogen and oxygen atoms in total. The Morgan fingerprint density at radius 1 is 1.28 bits per heavy atom. The smallest absolute Gasteiger partial charge is 0.280 e. The number of hydrogen-bond donors (Lipinski definition) is 1. The second-order valence-electron chi connectivity index (χ2n) is 8.27. The lowest BCUT2D eigenvalue weighted by molar-refractivity contribution is 0.0952. The number of fused-ring (bicyclic) bond motifs is 2. The van der Waals surface area contributed by atoms with Gasteiger partial charge in [0, 0.05) is 24.2 Å². The van der Waals surface area contributed by atoms with Crippen LogP contribution in [0.25, 0.3) is 10.3 Å². The van der Waals surface area contributed by atoms with Gasteiger partial charge in [0.25, 0.3) is 5.91 Å². The summed E-state index contributed by atoms with van der Waals surface area (Å²) >= 11 is 1.31. The normalized spacial score (nSPS) is 15.1. The van der Waals surface area contributed by atoms with Crippen molar-refractivity contribution in [3.05, 3.63) is 41.2 Å². The summed E-state index contributed by atoms with van der Waals surface area (Å²) in [6.45, 7) is 6.83. The summed E-state index contributed by atoms with van der Waals surface area (Å²) in [6.07, 6.45) is 2.46. The summed E-state index contributed by atoms with van der Waals surface area (Å²) < 4.78 is 0. The van der Waals surface area contributed by atoms with Crippen LogP contribution in [0.5, 0.6) is 0 Å². The zero-order valence-corrected chi connectivity index (χ0v) is 18.1. The molecule has 4 rings (SSSR count). The van der Waals surface area contributed by atoms with Crippen LogP contribution in [0.3, 0.4) is 0 Å². The molecule has 0 bridgehead atoms. The maximum atomic E-state index is 12.6. The van der Waals surface area contributed by atoms with Crippen LogP contribution in [-0.4, -0.2) is 59.5 Å². The lowest BCUT2D eigenvalue weighted by Crippen LogP contribution is -2.27. The fourth-order valence-corrected chi connectivity index (χ4v) is 4.56. The first-order valence-electron chi connectivity index (χ1n) is 9.78. The maximum Gasteiger partial charge on any atom is 0.280 e. The van der Waals surface area contributed by atoms with E-state index in [1.807, 2.05) is 20.2 Å². The van der Waals surface area contributed by atoms with Crippen LogP contribution in [0.4, 0.5) is 11.5 Å². The van der Waals surface area contributed by atoms with E-state index in [9.17, 15) is 4.79 Å². The summed E-state index contributed by atoms with van der Waals surface area (Å²) in [7, 11) is 4.04. The SMILES string of the molecule is CN(C)CCCNC(=O)c1nc2c(N3CC(C)(C)c4ccccc43)ncnc2s1. The van der Waals surface area contributed by atoms with Crippen LogP contribution in [0, 0.1) is 0 Å². The number of para-hydroxylation sites is 1. The predicted molar refractivity (Wildman–Crippen MR) is 117 cm³/mol. The number of nitrogens with zero attached hydrogens (tertiary/aromatic N) is 5. The number of aromatic nitrogens is 3. The number of nitrogens with one attached hydrogen (secondary N) is 1. The van der Waals surface area contributed by atoms with Gasteiger partial charge in [-0.15, -0.1) is 0 Å². The second kappa shape index (κ2) is 7.68. The molecule has 1 aliphatic rings. The van der Waals surface area contributed by atoms with E-state index in [2.05, 4.69) is 62.1 Å². The zero-order valence-electron chi connectivity index (χ0n) is 17.3. The molecule has 8 heteroatoms. The second-order valence-corrected chi connectivity index (χ2v) is 9.25. The number of thiazole rings is 1. The first-order valence-corrected chi connectivity index (χ1v) is 10.6. The highest BCUT2D eigenvalue weighted by atomic mass is 32.1. The highest BCUT2D eigenvalue weighted by Gasteiger charge is 2.37. The van der Waals surface area contributed by atoms with E-state index >= 15 is 0 Å². The lowest BCUT2D eigenvalue weighted by Gasteiger charge is -2.21. The van der Waals surface area contributed by atoms with Crippen LogP contribution in [0.1, 0.15) is 35.6 Å². The molecule has 1 aliphatic heterocycles. The van der Waals surface area contributed by atoms with Crippen LogP contribution < -0.4 is 10.2 Å². The van der Waals surface area contributed by atoms with Crippen LogP contribution >= 0.6 is 11.3 Å². The van der Waals surface area contributed by atoms with Crippen LogP contribution in [-0.2, 0) is 5.41 Å². The van der Waals surface area contributed by atoms with Gasteiger partial charge in [0.15, 0.2) is 10.8 Å². The van der Waals surface area contributed by atoms with Gasteiger partial charge in [-0.1, -0.05) is 43.4 Å². The fraction of sp³-hybridized carbons (Fsp3) is 0.429. The molecule has 1 amide bonds. The maximum absolute atomic E-state index is 12.6. The van der Waals surface area contributed by atoms with Gasteiger partial charge < -0.3 is 15.1 Å². The highest BCUT2D eigenvalue weighted by Crippen LogP contribution is 2.44. The van der Waals surface area contributed by atoms with Crippen molar-refractivity contribution in [1.82, 2.24) is 25.2 Å². The van der Waals surface area contributed by atoms with E-state index in [-0.39, 0.29) is 11.3 Å².